The van der Waals surface area contributed by atoms with E-state index in [0.717, 1.165) is 23.7 Å². The summed E-state index contributed by atoms with van der Waals surface area (Å²) in [6.45, 7) is 9.47. The van der Waals surface area contributed by atoms with Crippen LogP contribution < -0.4 is 4.72 Å². The summed E-state index contributed by atoms with van der Waals surface area (Å²) in [6.07, 6.45) is 5.08. The standard InChI is InChI=1S/C20H20N4O3S2/c1-4-13-7-9-14(10-8-13)29(26,27)24-17-11-18(28-20-21-12-22-23-20)19(25)16(6-3)15(17)5-2/h5-12,24-25H,2-4H2,1H3,(H,21,22,23). The molecule has 29 heavy (non-hydrogen) atoms. The number of anilines is 1. The number of benzene rings is 2. The summed E-state index contributed by atoms with van der Waals surface area (Å²) < 4.78 is 28.4. The van der Waals surface area contributed by atoms with Gasteiger partial charge in [-0.25, -0.2) is 13.4 Å². The SMILES string of the molecule is C=Cc1c(NS(=O)(=O)c2ccc(CC)cc2)cc(Sc2ncn[nH]2)c(O)c1C=C. The maximum absolute atomic E-state index is 12.9. The number of hydrogen-bond acceptors (Lipinski definition) is 6. The van der Waals surface area contributed by atoms with Gasteiger partial charge in [-0.2, -0.15) is 5.10 Å². The minimum absolute atomic E-state index is 0.0495. The van der Waals surface area contributed by atoms with Crippen molar-refractivity contribution in [1.82, 2.24) is 15.2 Å². The third kappa shape index (κ3) is 4.36. The van der Waals surface area contributed by atoms with Crippen molar-refractivity contribution in [2.24, 2.45) is 0 Å². The number of aromatic amines is 1. The van der Waals surface area contributed by atoms with E-state index < -0.39 is 10.0 Å². The summed E-state index contributed by atoms with van der Waals surface area (Å²) in [4.78, 5) is 4.55. The van der Waals surface area contributed by atoms with Crippen LogP contribution in [0.15, 0.2) is 64.8 Å². The molecule has 0 aliphatic carbocycles. The molecule has 0 aliphatic heterocycles. The van der Waals surface area contributed by atoms with Gasteiger partial charge in [0.25, 0.3) is 10.0 Å². The molecule has 0 spiro atoms. The van der Waals surface area contributed by atoms with Crippen LogP contribution in [0.25, 0.3) is 12.2 Å². The number of phenolic OH excluding ortho intramolecular Hbond substituents is 1. The monoisotopic (exact) mass is 428 g/mol. The Hall–Kier alpha value is -3.04. The Labute approximate surface area is 173 Å². The summed E-state index contributed by atoms with van der Waals surface area (Å²) >= 11 is 1.11. The molecular formula is C20H20N4O3S2. The highest BCUT2D eigenvalue weighted by Gasteiger charge is 2.21. The quantitative estimate of drug-likeness (QED) is 0.462. The molecule has 0 unspecified atom stereocenters. The normalized spacial score (nSPS) is 11.2. The first-order valence-electron chi connectivity index (χ1n) is 8.69. The van der Waals surface area contributed by atoms with E-state index in [4.69, 9.17) is 0 Å². The zero-order valence-corrected chi connectivity index (χ0v) is 17.3. The van der Waals surface area contributed by atoms with Crippen LogP contribution in [0, 0.1) is 0 Å². The average Bonchev–Trinajstić information content (AvgIpc) is 3.23. The maximum atomic E-state index is 12.9. The fourth-order valence-electron chi connectivity index (χ4n) is 2.73. The van der Waals surface area contributed by atoms with Crippen LogP contribution in [0.2, 0.25) is 0 Å². The minimum atomic E-state index is -3.85. The van der Waals surface area contributed by atoms with Crippen molar-refractivity contribution < 1.29 is 13.5 Å². The van der Waals surface area contributed by atoms with Gasteiger partial charge in [0.2, 0.25) is 0 Å². The summed E-state index contributed by atoms with van der Waals surface area (Å²) in [5.41, 5.74) is 2.10. The number of aromatic nitrogens is 3. The first-order chi connectivity index (χ1) is 13.9. The van der Waals surface area contributed by atoms with Crippen LogP contribution in [-0.4, -0.2) is 28.7 Å². The van der Waals surface area contributed by atoms with E-state index in [1.54, 1.807) is 24.3 Å². The number of aromatic hydroxyl groups is 1. The molecule has 1 aromatic heterocycles. The van der Waals surface area contributed by atoms with Gasteiger partial charge in [0.15, 0.2) is 5.16 Å². The Morgan fingerprint density at radius 2 is 1.90 bits per heavy atom. The van der Waals surface area contributed by atoms with E-state index in [1.165, 1.54) is 24.5 Å². The van der Waals surface area contributed by atoms with Gasteiger partial charge in [0.05, 0.1) is 15.5 Å². The number of nitrogens with zero attached hydrogens (tertiary/aromatic N) is 2. The number of phenols is 1. The molecule has 0 saturated heterocycles. The van der Waals surface area contributed by atoms with Crippen LogP contribution in [0.4, 0.5) is 5.69 Å². The van der Waals surface area contributed by atoms with E-state index in [-0.39, 0.29) is 16.3 Å². The molecule has 3 rings (SSSR count). The maximum Gasteiger partial charge on any atom is 0.261 e. The van der Waals surface area contributed by atoms with Gasteiger partial charge >= 0.3 is 0 Å². The lowest BCUT2D eigenvalue weighted by Crippen LogP contribution is -2.14. The fourth-order valence-corrected chi connectivity index (χ4v) is 4.59. The molecule has 0 aliphatic rings. The lowest BCUT2D eigenvalue weighted by Gasteiger charge is -2.16. The lowest BCUT2D eigenvalue weighted by atomic mass is 10.0. The highest BCUT2D eigenvalue weighted by atomic mass is 32.2. The Kier molecular flexibility index (Phi) is 6.09. The number of H-pyrrole nitrogens is 1. The van der Waals surface area contributed by atoms with Gasteiger partial charge in [0, 0.05) is 11.1 Å². The topological polar surface area (TPSA) is 108 Å². The highest BCUT2D eigenvalue weighted by Crippen LogP contribution is 2.41. The number of hydrogen-bond donors (Lipinski definition) is 3. The molecule has 0 atom stereocenters. The smallest absolute Gasteiger partial charge is 0.261 e. The van der Waals surface area contributed by atoms with Crippen molar-refractivity contribution in [2.45, 2.75) is 28.3 Å². The van der Waals surface area contributed by atoms with Gasteiger partial charge in [-0.05, 0) is 41.9 Å². The molecule has 0 saturated carbocycles. The van der Waals surface area contributed by atoms with Crippen molar-refractivity contribution in [3.05, 3.63) is 66.5 Å². The second-order valence-corrected chi connectivity index (χ2v) is 8.72. The minimum Gasteiger partial charge on any atom is -0.506 e. The number of sulfonamides is 1. The van der Waals surface area contributed by atoms with Gasteiger partial charge in [-0.1, -0.05) is 44.4 Å². The van der Waals surface area contributed by atoms with Gasteiger partial charge in [-0.3, -0.25) is 9.82 Å². The summed E-state index contributed by atoms with van der Waals surface area (Å²) in [7, 11) is -3.85. The predicted octanol–water partition coefficient (Wildman–Crippen LogP) is 4.31. The second kappa shape index (κ2) is 8.54. The van der Waals surface area contributed by atoms with Crippen LogP contribution in [0.3, 0.4) is 0 Å². The van der Waals surface area contributed by atoms with E-state index in [0.29, 0.717) is 21.2 Å². The van der Waals surface area contributed by atoms with E-state index >= 15 is 0 Å². The molecule has 7 nitrogen and oxygen atoms in total. The number of nitrogens with one attached hydrogen (secondary N) is 2. The Morgan fingerprint density at radius 1 is 1.21 bits per heavy atom. The third-order valence-electron chi connectivity index (χ3n) is 4.24. The summed E-state index contributed by atoms with van der Waals surface area (Å²) in [6, 6.07) is 8.21. The molecule has 0 amide bonds. The van der Waals surface area contributed by atoms with Gasteiger partial charge in [0.1, 0.15) is 12.1 Å². The summed E-state index contributed by atoms with van der Waals surface area (Å²) in [5, 5.41) is 17.5. The van der Waals surface area contributed by atoms with Crippen molar-refractivity contribution >= 4 is 39.6 Å². The molecule has 1 heterocycles. The zero-order valence-electron chi connectivity index (χ0n) is 15.7. The molecule has 9 heteroatoms. The molecule has 0 radical (unpaired) electrons. The zero-order chi connectivity index (χ0) is 21.0. The molecule has 3 N–H and O–H groups in total. The van der Waals surface area contributed by atoms with Crippen molar-refractivity contribution in [3.63, 3.8) is 0 Å². The Bertz CT molecular complexity index is 1140. The van der Waals surface area contributed by atoms with Gasteiger partial charge < -0.3 is 5.11 Å². The van der Waals surface area contributed by atoms with E-state index in [9.17, 15) is 13.5 Å². The van der Waals surface area contributed by atoms with Crippen LogP contribution >= 0.6 is 11.8 Å². The first-order valence-corrected chi connectivity index (χ1v) is 11.0. The molecule has 150 valence electrons. The average molecular weight is 429 g/mol. The molecular weight excluding hydrogens is 408 g/mol. The largest absolute Gasteiger partial charge is 0.506 e. The van der Waals surface area contributed by atoms with Gasteiger partial charge in [-0.15, -0.1) is 0 Å². The van der Waals surface area contributed by atoms with Crippen molar-refractivity contribution in [3.8, 4) is 5.75 Å². The number of rotatable bonds is 8. The molecule has 2 aromatic carbocycles. The highest BCUT2D eigenvalue weighted by molar-refractivity contribution is 7.99. The van der Waals surface area contributed by atoms with Crippen LogP contribution in [0.1, 0.15) is 23.6 Å². The number of aryl methyl sites for hydroxylation is 1. The summed E-state index contributed by atoms with van der Waals surface area (Å²) in [5.74, 6) is -0.0495. The third-order valence-corrected chi connectivity index (χ3v) is 6.54. The Morgan fingerprint density at radius 3 is 2.45 bits per heavy atom. The predicted molar refractivity (Wildman–Crippen MR) is 115 cm³/mol. The Balaban J connectivity index is 2.06. The van der Waals surface area contributed by atoms with Crippen molar-refractivity contribution in [2.75, 3.05) is 4.72 Å². The van der Waals surface area contributed by atoms with Crippen molar-refractivity contribution in [1.29, 1.82) is 0 Å². The molecule has 0 fully saturated rings. The molecule has 0 bridgehead atoms. The first kappa shape index (κ1) is 20.7. The molecule has 3 aromatic rings. The fraction of sp³-hybridized carbons (Fsp3) is 0.100. The van der Waals surface area contributed by atoms with E-state index in [2.05, 4.69) is 33.1 Å². The lowest BCUT2D eigenvalue weighted by molar-refractivity contribution is 0.461. The van der Waals surface area contributed by atoms with Crippen LogP contribution in [0.5, 0.6) is 5.75 Å². The van der Waals surface area contributed by atoms with Crippen LogP contribution in [-0.2, 0) is 16.4 Å². The van der Waals surface area contributed by atoms with E-state index in [1.807, 2.05) is 6.92 Å². The second-order valence-electron chi connectivity index (χ2n) is 6.00.